The molecule has 0 aliphatic rings. The third-order valence-corrected chi connectivity index (χ3v) is 5.04. The fourth-order valence-electron chi connectivity index (χ4n) is 3.25. The molecule has 2 aromatic rings. The van der Waals surface area contributed by atoms with E-state index in [2.05, 4.69) is 11.9 Å². The minimum Gasteiger partial charge on any atom is -0.497 e. The summed E-state index contributed by atoms with van der Waals surface area (Å²) in [5.74, 6) is 0.801. The Kier molecular flexibility index (Phi) is 11.9. The fourth-order valence-corrected chi connectivity index (χ4v) is 3.25. The minimum absolute atomic E-state index is 0.0605. The van der Waals surface area contributed by atoms with Crippen molar-refractivity contribution in [3.63, 3.8) is 0 Å². The fraction of sp³-hybridized carbons (Fsp3) is 0.333. The quantitative estimate of drug-likeness (QED) is 0.220. The van der Waals surface area contributed by atoms with Crippen molar-refractivity contribution in [2.24, 2.45) is 5.92 Å². The van der Waals surface area contributed by atoms with E-state index in [1.54, 1.807) is 49.6 Å². The third kappa shape index (κ3) is 9.93. The summed E-state index contributed by atoms with van der Waals surface area (Å²) in [5, 5.41) is 11.7. The number of ether oxygens (including phenoxy) is 4. The van der Waals surface area contributed by atoms with E-state index >= 15 is 0 Å². The predicted octanol–water partition coefficient (Wildman–Crippen LogP) is 5.06. The molecule has 0 aliphatic carbocycles. The summed E-state index contributed by atoms with van der Waals surface area (Å²) in [5.41, 5.74) is 1.38. The number of carbonyl (C=O) groups excluding carboxylic acids is 2. The Morgan fingerprint density at radius 2 is 1.77 bits per heavy atom. The maximum Gasteiger partial charge on any atom is 0.412 e. The summed E-state index contributed by atoms with van der Waals surface area (Å²) in [7, 11) is 1.57. The van der Waals surface area contributed by atoms with Crippen molar-refractivity contribution in [1.29, 1.82) is 0 Å². The van der Waals surface area contributed by atoms with Gasteiger partial charge in [-0.05, 0) is 60.7 Å². The highest BCUT2D eigenvalue weighted by Crippen LogP contribution is 2.31. The van der Waals surface area contributed by atoms with Gasteiger partial charge < -0.3 is 24.1 Å². The van der Waals surface area contributed by atoms with Crippen molar-refractivity contribution in [3.05, 3.63) is 78.9 Å². The van der Waals surface area contributed by atoms with Crippen LogP contribution in [0, 0.1) is 5.92 Å². The molecule has 188 valence electrons. The average molecular weight is 484 g/mol. The Morgan fingerprint density at radius 3 is 2.40 bits per heavy atom. The van der Waals surface area contributed by atoms with E-state index < -0.39 is 18.2 Å². The number of nitrogens with one attached hydrogen (secondary N) is 1. The molecule has 0 unspecified atom stereocenters. The molecule has 8 heteroatoms. The molecule has 0 heterocycles. The Bertz CT molecular complexity index is 954. The molecule has 0 bridgehead atoms. The predicted molar refractivity (Wildman–Crippen MR) is 134 cm³/mol. The van der Waals surface area contributed by atoms with Crippen molar-refractivity contribution in [1.82, 2.24) is 0 Å². The molecule has 0 saturated carbocycles. The van der Waals surface area contributed by atoms with Crippen molar-refractivity contribution >= 4 is 17.7 Å². The zero-order chi connectivity index (χ0) is 25.5. The van der Waals surface area contributed by atoms with Gasteiger partial charge in [-0.1, -0.05) is 37.8 Å². The first kappa shape index (κ1) is 27.5. The van der Waals surface area contributed by atoms with E-state index in [4.69, 9.17) is 24.1 Å². The van der Waals surface area contributed by atoms with E-state index in [1.165, 1.54) is 12.2 Å². The molecule has 2 aromatic carbocycles. The van der Waals surface area contributed by atoms with E-state index in [0.29, 0.717) is 30.0 Å². The van der Waals surface area contributed by atoms with E-state index in [1.807, 2.05) is 19.1 Å². The highest BCUT2D eigenvalue weighted by Gasteiger charge is 2.23. The van der Waals surface area contributed by atoms with Crippen LogP contribution in [-0.2, 0) is 14.3 Å². The smallest absolute Gasteiger partial charge is 0.412 e. The Balaban J connectivity index is 2.07. The molecule has 8 nitrogen and oxygen atoms in total. The topological polar surface area (TPSA) is 103 Å². The van der Waals surface area contributed by atoms with Gasteiger partial charge in [-0.3, -0.25) is 5.32 Å². The summed E-state index contributed by atoms with van der Waals surface area (Å²) < 4.78 is 21.3. The van der Waals surface area contributed by atoms with Crippen LogP contribution in [0.25, 0.3) is 0 Å². The molecule has 2 N–H and O–H groups in total. The second-order valence-corrected chi connectivity index (χ2v) is 7.70. The number of esters is 1. The number of aliphatic hydroxyl groups is 1. The molecular formula is C27H33NO7. The first-order chi connectivity index (χ1) is 17.0. The van der Waals surface area contributed by atoms with Crippen molar-refractivity contribution in [3.8, 4) is 11.5 Å². The van der Waals surface area contributed by atoms with Gasteiger partial charge in [0.2, 0.25) is 0 Å². The monoisotopic (exact) mass is 483 g/mol. The van der Waals surface area contributed by atoms with Crippen LogP contribution in [0.5, 0.6) is 11.5 Å². The molecule has 0 aliphatic heterocycles. The van der Waals surface area contributed by atoms with Crippen LogP contribution in [0.2, 0.25) is 0 Å². The number of hydrogen-bond donors (Lipinski definition) is 2. The van der Waals surface area contributed by atoms with Crippen LogP contribution in [0.15, 0.2) is 73.3 Å². The largest absolute Gasteiger partial charge is 0.497 e. The number of methoxy groups -OCH3 is 1. The lowest BCUT2D eigenvalue weighted by Gasteiger charge is -2.25. The van der Waals surface area contributed by atoms with Crippen LogP contribution >= 0.6 is 0 Å². The molecule has 35 heavy (non-hydrogen) atoms. The summed E-state index contributed by atoms with van der Waals surface area (Å²) >= 11 is 0. The van der Waals surface area contributed by atoms with E-state index in [-0.39, 0.29) is 25.7 Å². The van der Waals surface area contributed by atoms with Crippen LogP contribution in [0.1, 0.15) is 31.4 Å². The van der Waals surface area contributed by atoms with Gasteiger partial charge in [-0.25, -0.2) is 9.59 Å². The molecule has 0 saturated heterocycles. The van der Waals surface area contributed by atoms with Gasteiger partial charge in [-0.2, -0.15) is 0 Å². The Hall–Kier alpha value is -3.78. The number of benzene rings is 2. The number of carbonyl (C=O) groups is 2. The molecule has 0 aromatic heterocycles. The number of rotatable bonds is 14. The minimum atomic E-state index is -0.587. The van der Waals surface area contributed by atoms with Gasteiger partial charge in [-0.15, -0.1) is 0 Å². The normalized spacial score (nSPS) is 12.4. The van der Waals surface area contributed by atoms with Gasteiger partial charge >= 0.3 is 12.1 Å². The molecule has 1 amide bonds. The Labute approximate surface area is 206 Å². The number of aliphatic hydroxyl groups excluding tert-OH is 1. The lowest BCUT2D eigenvalue weighted by atomic mass is 9.93. The molecule has 2 atom stereocenters. The zero-order valence-corrected chi connectivity index (χ0v) is 20.1. The van der Waals surface area contributed by atoms with Crippen LogP contribution in [0.3, 0.4) is 0 Å². The SMILES string of the molecule is C=CCOC(=O)/C=C/CC[C@@H](C)[C@H](OC(=O)Nc1ccc(OC)cc1)c1ccc(OCCO)cc1. The van der Waals surface area contributed by atoms with Crippen molar-refractivity contribution < 1.29 is 33.6 Å². The molecule has 0 spiro atoms. The molecule has 0 fully saturated rings. The van der Waals surface area contributed by atoms with Crippen LogP contribution in [-0.4, -0.2) is 44.1 Å². The number of hydrogen-bond acceptors (Lipinski definition) is 7. The van der Waals surface area contributed by atoms with Gasteiger partial charge in [0.25, 0.3) is 0 Å². The summed E-state index contributed by atoms with van der Waals surface area (Å²) in [6.07, 6.45) is 4.76. The maximum atomic E-state index is 12.7. The second-order valence-electron chi connectivity index (χ2n) is 7.70. The van der Waals surface area contributed by atoms with Gasteiger partial charge in [0.05, 0.1) is 13.7 Å². The Morgan fingerprint density at radius 1 is 1.09 bits per heavy atom. The zero-order valence-electron chi connectivity index (χ0n) is 20.1. The lowest BCUT2D eigenvalue weighted by molar-refractivity contribution is -0.136. The highest BCUT2D eigenvalue weighted by atomic mass is 16.6. The summed E-state index contributed by atoms with van der Waals surface area (Å²) in [4.78, 5) is 24.3. The van der Waals surface area contributed by atoms with Crippen molar-refractivity contribution in [2.75, 3.05) is 32.2 Å². The third-order valence-electron chi connectivity index (χ3n) is 5.04. The highest BCUT2D eigenvalue weighted by molar-refractivity contribution is 5.84. The van der Waals surface area contributed by atoms with Crippen LogP contribution in [0.4, 0.5) is 10.5 Å². The lowest BCUT2D eigenvalue weighted by Crippen LogP contribution is -2.22. The van der Waals surface area contributed by atoms with Crippen molar-refractivity contribution in [2.45, 2.75) is 25.9 Å². The summed E-state index contributed by atoms with van der Waals surface area (Å²) in [6.45, 7) is 5.76. The first-order valence-corrected chi connectivity index (χ1v) is 11.4. The number of anilines is 1. The molecule has 2 rings (SSSR count). The molecule has 0 radical (unpaired) electrons. The molecular weight excluding hydrogens is 450 g/mol. The average Bonchev–Trinajstić information content (AvgIpc) is 2.88. The number of allylic oxidation sites excluding steroid dienone is 1. The van der Waals surface area contributed by atoms with Gasteiger partial charge in [0.1, 0.15) is 30.8 Å². The van der Waals surface area contributed by atoms with E-state index in [9.17, 15) is 9.59 Å². The van der Waals surface area contributed by atoms with Crippen LogP contribution < -0.4 is 14.8 Å². The van der Waals surface area contributed by atoms with E-state index in [0.717, 1.165) is 5.56 Å². The van der Waals surface area contributed by atoms with Gasteiger partial charge in [0.15, 0.2) is 0 Å². The summed E-state index contributed by atoms with van der Waals surface area (Å²) in [6, 6.07) is 14.1. The second kappa shape index (κ2) is 15.2. The van der Waals surface area contributed by atoms with Gasteiger partial charge in [0, 0.05) is 11.8 Å². The standard InChI is InChI=1S/C27H33NO7/c1-4-18-34-25(30)8-6-5-7-20(2)26(21-9-13-24(14-10-21)33-19-17-29)35-27(31)28-22-11-15-23(32-3)16-12-22/h4,6,8-16,20,26,29H,1,5,7,17-19H2,2-3H3,(H,28,31)/b8-6+/t20-,26+/m1/s1. The first-order valence-electron chi connectivity index (χ1n) is 11.4. The number of amides is 1. The maximum absolute atomic E-state index is 12.7.